The molecule has 0 aliphatic rings. The highest BCUT2D eigenvalue weighted by molar-refractivity contribution is 5.82. The first-order valence-corrected chi connectivity index (χ1v) is 3.97. The highest BCUT2D eigenvalue weighted by Gasteiger charge is 2.59. The molecule has 0 aromatic carbocycles. The average molecular weight is 306 g/mol. The summed E-state index contributed by atoms with van der Waals surface area (Å²) in [6.07, 6.45) is -23.2. The van der Waals surface area contributed by atoms with Gasteiger partial charge >= 0.3 is 24.5 Å². The van der Waals surface area contributed by atoms with Crippen LogP contribution in [0.4, 0.5) is 39.5 Å². The fraction of sp³-hybridized carbons (Fsp3) is 0.571. The Bertz CT molecular complexity index is 347. The Morgan fingerprint density at radius 1 is 0.947 bits per heavy atom. The van der Waals surface area contributed by atoms with E-state index in [2.05, 4.69) is 4.74 Å². The lowest BCUT2D eigenvalue weighted by atomic mass is 10.3. The summed E-state index contributed by atoms with van der Waals surface area (Å²) in [5.74, 6) is -5.34. The molecule has 0 atom stereocenters. The number of carbonyl (C=O) groups is 1. The smallest absolute Gasteiger partial charge is 0.448 e. The second-order valence-electron chi connectivity index (χ2n) is 2.93. The third-order valence-corrected chi connectivity index (χ3v) is 1.37. The molecule has 19 heavy (non-hydrogen) atoms. The zero-order valence-corrected chi connectivity index (χ0v) is 8.32. The standard InChI is InChI=1S/C7H3F9O3/c8-5(9,10)2(17)1-3(18)19-4(6(11,12)13)7(14,15)16/h1,4,17H. The zero-order chi connectivity index (χ0) is 15.6. The molecule has 112 valence electrons. The largest absolute Gasteiger partial charge is 0.504 e. The summed E-state index contributed by atoms with van der Waals surface area (Å²) in [6, 6.07) is 0. The minimum atomic E-state index is -6.06. The third-order valence-electron chi connectivity index (χ3n) is 1.37. The molecular weight excluding hydrogens is 303 g/mol. The van der Waals surface area contributed by atoms with E-state index in [1.54, 1.807) is 0 Å². The topological polar surface area (TPSA) is 46.5 Å². The van der Waals surface area contributed by atoms with Crippen molar-refractivity contribution in [2.24, 2.45) is 0 Å². The van der Waals surface area contributed by atoms with Crippen molar-refractivity contribution in [2.45, 2.75) is 24.6 Å². The van der Waals surface area contributed by atoms with Gasteiger partial charge in [0.1, 0.15) is 0 Å². The lowest BCUT2D eigenvalue weighted by Gasteiger charge is -2.22. The molecule has 0 saturated carbocycles. The van der Waals surface area contributed by atoms with Crippen LogP contribution in [0.3, 0.4) is 0 Å². The number of hydrogen-bond acceptors (Lipinski definition) is 3. The first kappa shape index (κ1) is 17.4. The summed E-state index contributed by atoms with van der Waals surface area (Å²) in [5, 5.41) is 8.15. The monoisotopic (exact) mass is 306 g/mol. The van der Waals surface area contributed by atoms with Crippen molar-refractivity contribution in [3.63, 3.8) is 0 Å². The molecule has 0 unspecified atom stereocenters. The first-order valence-electron chi connectivity index (χ1n) is 3.97. The van der Waals surface area contributed by atoms with Crippen LogP contribution in [-0.4, -0.2) is 35.7 Å². The summed E-state index contributed by atoms with van der Waals surface area (Å²) in [6.45, 7) is 0. The van der Waals surface area contributed by atoms with E-state index in [0.717, 1.165) is 0 Å². The Kier molecular flexibility index (Phi) is 4.73. The minimum Gasteiger partial charge on any atom is -0.504 e. The molecule has 0 rings (SSSR count). The van der Waals surface area contributed by atoms with E-state index in [4.69, 9.17) is 5.11 Å². The first-order chi connectivity index (χ1) is 8.15. The van der Waals surface area contributed by atoms with Crippen LogP contribution in [-0.2, 0) is 9.53 Å². The van der Waals surface area contributed by atoms with E-state index in [1.807, 2.05) is 0 Å². The fourth-order valence-electron chi connectivity index (χ4n) is 0.663. The molecule has 0 radical (unpaired) electrons. The predicted molar refractivity (Wildman–Crippen MR) is 38.8 cm³/mol. The van der Waals surface area contributed by atoms with Crippen LogP contribution in [0, 0.1) is 0 Å². The van der Waals surface area contributed by atoms with Gasteiger partial charge in [0.25, 0.3) is 6.10 Å². The number of carbonyl (C=O) groups excluding carboxylic acids is 1. The van der Waals surface area contributed by atoms with Crippen molar-refractivity contribution in [1.82, 2.24) is 0 Å². The van der Waals surface area contributed by atoms with Crippen LogP contribution in [0.1, 0.15) is 0 Å². The van der Waals surface area contributed by atoms with Gasteiger partial charge in [0, 0.05) is 0 Å². The molecule has 3 nitrogen and oxygen atoms in total. The summed E-state index contributed by atoms with van der Waals surface area (Å²) < 4.78 is 109. The van der Waals surface area contributed by atoms with Gasteiger partial charge in [-0.25, -0.2) is 4.79 Å². The number of alkyl halides is 9. The number of aliphatic hydroxyl groups is 1. The van der Waals surface area contributed by atoms with E-state index < -0.39 is 42.4 Å². The molecular formula is C7H3F9O3. The summed E-state index contributed by atoms with van der Waals surface area (Å²) in [7, 11) is 0. The molecule has 0 aromatic rings. The van der Waals surface area contributed by atoms with Crippen LogP contribution < -0.4 is 0 Å². The Morgan fingerprint density at radius 2 is 1.32 bits per heavy atom. The molecule has 0 aliphatic heterocycles. The van der Waals surface area contributed by atoms with Crippen molar-refractivity contribution in [3.8, 4) is 0 Å². The van der Waals surface area contributed by atoms with Crippen molar-refractivity contribution < 1.29 is 54.2 Å². The van der Waals surface area contributed by atoms with Gasteiger partial charge in [-0.05, 0) is 0 Å². The number of halogens is 9. The second kappa shape index (κ2) is 5.17. The molecule has 0 spiro atoms. The number of ether oxygens (including phenoxy) is 1. The van der Waals surface area contributed by atoms with Gasteiger partial charge in [-0.1, -0.05) is 0 Å². The number of rotatable bonds is 2. The van der Waals surface area contributed by atoms with Crippen molar-refractivity contribution in [3.05, 3.63) is 11.8 Å². The molecule has 0 amide bonds. The van der Waals surface area contributed by atoms with Crippen LogP contribution >= 0.6 is 0 Å². The van der Waals surface area contributed by atoms with E-state index >= 15 is 0 Å². The van der Waals surface area contributed by atoms with E-state index in [9.17, 15) is 44.3 Å². The maximum Gasteiger partial charge on any atom is 0.448 e. The number of aliphatic hydroxyl groups excluding tert-OH is 1. The van der Waals surface area contributed by atoms with Gasteiger partial charge in [0.2, 0.25) is 5.76 Å². The van der Waals surface area contributed by atoms with E-state index in [1.165, 1.54) is 0 Å². The fourth-order valence-corrected chi connectivity index (χ4v) is 0.663. The second-order valence-corrected chi connectivity index (χ2v) is 2.93. The Balaban J connectivity index is 5.06. The SMILES string of the molecule is O=C(C=C(O)C(F)(F)F)OC(C(F)(F)F)C(F)(F)F. The van der Waals surface area contributed by atoms with Gasteiger partial charge in [0.05, 0.1) is 6.08 Å². The summed E-state index contributed by atoms with van der Waals surface area (Å²) >= 11 is 0. The van der Waals surface area contributed by atoms with Gasteiger partial charge in [0.15, 0.2) is 0 Å². The minimum absolute atomic E-state index is 0.940. The molecule has 0 aliphatic carbocycles. The predicted octanol–water partition coefficient (Wildman–Crippen LogP) is 3.03. The maximum absolute atomic E-state index is 11.8. The summed E-state index contributed by atoms with van der Waals surface area (Å²) in [4.78, 5) is 10.4. The van der Waals surface area contributed by atoms with Gasteiger partial charge in [-0.2, -0.15) is 39.5 Å². The molecule has 0 aromatic heterocycles. The van der Waals surface area contributed by atoms with E-state index in [-0.39, 0.29) is 0 Å². The number of hydrogen-bond donors (Lipinski definition) is 1. The Hall–Kier alpha value is -1.62. The molecule has 12 heteroatoms. The quantitative estimate of drug-likeness (QED) is 0.369. The van der Waals surface area contributed by atoms with Crippen LogP contribution in [0.5, 0.6) is 0 Å². The maximum atomic E-state index is 11.8. The molecule has 0 saturated heterocycles. The number of allylic oxidation sites excluding steroid dienone is 1. The normalized spacial score (nSPS) is 14.7. The van der Waals surface area contributed by atoms with Crippen LogP contribution in [0.25, 0.3) is 0 Å². The average Bonchev–Trinajstić information content (AvgIpc) is 2.08. The van der Waals surface area contributed by atoms with Crippen LogP contribution in [0.2, 0.25) is 0 Å². The molecule has 0 fully saturated rings. The van der Waals surface area contributed by atoms with E-state index in [0.29, 0.717) is 0 Å². The molecule has 0 bridgehead atoms. The Morgan fingerprint density at radius 3 is 1.58 bits per heavy atom. The van der Waals surface area contributed by atoms with Gasteiger partial charge in [-0.15, -0.1) is 0 Å². The molecule has 1 N–H and O–H groups in total. The molecule has 0 heterocycles. The Labute approximate surface area is 97.8 Å². The van der Waals surface area contributed by atoms with Crippen LogP contribution in [0.15, 0.2) is 11.8 Å². The van der Waals surface area contributed by atoms with Crippen molar-refractivity contribution >= 4 is 5.97 Å². The highest BCUT2D eigenvalue weighted by Crippen LogP contribution is 2.36. The van der Waals surface area contributed by atoms with Crippen molar-refractivity contribution in [1.29, 1.82) is 0 Å². The van der Waals surface area contributed by atoms with Crippen molar-refractivity contribution in [2.75, 3.05) is 0 Å². The lowest BCUT2D eigenvalue weighted by molar-refractivity contribution is -0.312. The highest BCUT2D eigenvalue weighted by atomic mass is 19.4. The zero-order valence-electron chi connectivity index (χ0n) is 8.32. The van der Waals surface area contributed by atoms with Gasteiger partial charge in [-0.3, -0.25) is 0 Å². The van der Waals surface area contributed by atoms with Gasteiger partial charge < -0.3 is 9.84 Å². The lowest BCUT2D eigenvalue weighted by Crippen LogP contribution is -2.45. The number of esters is 1. The summed E-state index contributed by atoms with van der Waals surface area (Å²) in [5.41, 5.74) is 0. The third kappa shape index (κ3) is 5.70.